The van der Waals surface area contributed by atoms with Crippen LogP contribution in [0, 0.1) is 0 Å². The van der Waals surface area contributed by atoms with Crippen LogP contribution in [-0.4, -0.2) is 39.9 Å². The summed E-state index contributed by atoms with van der Waals surface area (Å²) >= 11 is 0. The Labute approximate surface area is 312 Å². The van der Waals surface area contributed by atoms with Crippen molar-refractivity contribution in [3.63, 3.8) is 0 Å². The van der Waals surface area contributed by atoms with Gasteiger partial charge in [-0.3, -0.25) is 19.9 Å². The summed E-state index contributed by atoms with van der Waals surface area (Å²) in [6.07, 6.45) is 14.1. The van der Waals surface area contributed by atoms with E-state index < -0.39 is 0 Å². The average Bonchev–Trinajstić information content (AvgIpc) is 3.27. The lowest BCUT2D eigenvalue weighted by Gasteiger charge is -2.11. The van der Waals surface area contributed by atoms with Crippen molar-refractivity contribution < 1.29 is 0 Å². The second-order valence-corrected chi connectivity index (χ2v) is 12.6. The van der Waals surface area contributed by atoms with Gasteiger partial charge in [0.25, 0.3) is 0 Å². The van der Waals surface area contributed by atoms with Crippen LogP contribution in [0.5, 0.6) is 0 Å². The van der Waals surface area contributed by atoms with Crippen LogP contribution in [-0.2, 0) is 0 Å². The van der Waals surface area contributed by atoms with Crippen LogP contribution in [0.3, 0.4) is 0 Å². The second-order valence-electron chi connectivity index (χ2n) is 12.6. The Morgan fingerprint density at radius 1 is 0.204 bits per heavy atom. The first-order chi connectivity index (χ1) is 26.7. The van der Waals surface area contributed by atoms with E-state index in [9.17, 15) is 0 Å². The zero-order valence-corrected chi connectivity index (χ0v) is 28.9. The Bertz CT molecular complexity index is 2350. The lowest BCUT2D eigenvalue weighted by atomic mass is 9.98. The second kappa shape index (κ2) is 14.6. The highest BCUT2D eigenvalue weighted by molar-refractivity contribution is 5.77. The Morgan fingerprint density at radius 2 is 0.407 bits per heavy atom. The first kappa shape index (κ1) is 32.3. The molecule has 0 saturated heterocycles. The van der Waals surface area contributed by atoms with Crippen molar-refractivity contribution in [1.29, 1.82) is 0 Å². The summed E-state index contributed by atoms with van der Waals surface area (Å²) in [7, 11) is 0. The summed E-state index contributed by atoms with van der Waals surface area (Å²) in [5, 5.41) is 0. The summed E-state index contributed by atoms with van der Waals surface area (Å²) in [4.78, 5) is 36.3. The molecule has 0 saturated carbocycles. The van der Waals surface area contributed by atoms with Gasteiger partial charge in [-0.15, -0.1) is 0 Å². The van der Waals surface area contributed by atoms with Gasteiger partial charge in [-0.2, -0.15) is 0 Å². The average molecular weight is 695 g/mol. The third kappa shape index (κ3) is 6.87. The van der Waals surface area contributed by atoms with E-state index in [1.165, 1.54) is 0 Å². The maximum atomic E-state index is 4.94. The highest BCUT2D eigenvalue weighted by atomic mass is 14.9. The summed E-state index contributed by atoms with van der Waals surface area (Å²) in [5.41, 5.74) is 13.7. The first-order valence-corrected chi connectivity index (χ1v) is 17.4. The Hall–Kier alpha value is -7.58. The van der Waals surface area contributed by atoms with Gasteiger partial charge in [-0.05, 0) is 82.9 Å². The Kier molecular flexibility index (Phi) is 8.73. The molecule has 0 aliphatic carbocycles. The molecule has 0 spiro atoms. The van der Waals surface area contributed by atoms with Crippen LogP contribution in [0.1, 0.15) is 0 Å². The molecule has 54 heavy (non-hydrogen) atoms. The molecule has 9 aromatic rings. The van der Waals surface area contributed by atoms with Crippen LogP contribution in [0.25, 0.3) is 90.1 Å². The molecule has 254 valence electrons. The van der Waals surface area contributed by atoms with Gasteiger partial charge in [0.15, 0.2) is 11.6 Å². The largest absolute Gasteiger partial charge is 0.265 e. The van der Waals surface area contributed by atoms with Crippen molar-refractivity contribution in [3.05, 3.63) is 183 Å². The topological polar surface area (TPSA) is 103 Å². The van der Waals surface area contributed by atoms with E-state index in [-0.39, 0.29) is 0 Å². The standard InChI is InChI=1S/C46H30N8/c1-2-32(34-7-11-36(12-8-34)42-30-44(38-15-23-48-24-16-38)54-46(52-42)40-19-27-50-28-20-40)4-3-31(1)33-5-9-35(10-6-33)41-29-43(37-13-21-47-22-14-37)53-45(51-41)39-17-25-49-26-18-39/h1-30H. The highest BCUT2D eigenvalue weighted by Crippen LogP contribution is 2.32. The van der Waals surface area contributed by atoms with Gasteiger partial charge < -0.3 is 0 Å². The van der Waals surface area contributed by atoms with E-state index in [0.29, 0.717) is 11.6 Å². The minimum Gasteiger partial charge on any atom is -0.265 e. The zero-order chi connectivity index (χ0) is 36.1. The Balaban J connectivity index is 0.968. The van der Waals surface area contributed by atoms with Gasteiger partial charge in [0.1, 0.15) is 0 Å². The van der Waals surface area contributed by atoms with Crippen molar-refractivity contribution >= 4 is 0 Å². The molecule has 0 aliphatic heterocycles. The smallest absolute Gasteiger partial charge is 0.160 e. The Morgan fingerprint density at radius 3 is 0.667 bits per heavy atom. The maximum Gasteiger partial charge on any atom is 0.160 e. The summed E-state index contributed by atoms with van der Waals surface area (Å²) in [6.45, 7) is 0. The molecule has 8 heteroatoms. The molecule has 8 nitrogen and oxygen atoms in total. The lowest BCUT2D eigenvalue weighted by Crippen LogP contribution is -1.96. The summed E-state index contributed by atoms with van der Waals surface area (Å²) in [6, 6.07) is 45.3. The molecule has 9 rings (SSSR count). The fourth-order valence-electron chi connectivity index (χ4n) is 6.31. The molecule has 0 unspecified atom stereocenters. The van der Waals surface area contributed by atoms with E-state index in [4.69, 9.17) is 19.9 Å². The van der Waals surface area contributed by atoms with Crippen molar-refractivity contribution in [2.45, 2.75) is 0 Å². The quantitative estimate of drug-likeness (QED) is 0.155. The van der Waals surface area contributed by atoms with Crippen LogP contribution < -0.4 is 0 Å². The lowest BCUT2D eigenvalue weighted by molar-refractivity contribution is 1.17. The van der Waals surface area contributed by atoms with Crippen molar-refractivity contribution in [2.75, 3.05) is 0 Å². The number of aromatic nitrogens is 8. The van der Waals surface area contributed by atoms with Crippen LogP contribution in [0.2, 0.25) is 0 Å². The first-order valence-electron chi connectivity index (χ1n) is 17.4. The van der Waals surface area contributed by atoms with E-state index in [0.717, 1.165) is 78.4 Å². The van der Waals surface area contributed by atoms with E-state index in [1.807, 2.05) is 60.7 Å². The van der Waals surface area contributed by atoms with Gasteiger partial charge >= 0.3 is 0 Å². The molecule has 0 aliphatic rings. The van der Waals surface area contributed by atoms with Gasteiger partial charge in [0.2, 0.25) is 0 Å². The number of pyridine rings is 4. The predicted molar refractivity (Wildman–Crippen MR) is 212 cm³/mol. The fourth-order valence-corrected chi connectivity index (χ4v) is 6.31. The van der Waals surface area contributed by atoms with Gasteiger partial charge in [-0.25, -0.2) is 19.9 Å². The summed E-state index contributed by atoms with van der Waals surface area (Å²) < 4.78 is 0. The molecular formula is C46H30N8. The molecular weight excluding hydrogens is 665 g/mol. The van der Waals surface area contributed by atoms with Crippen molar-refractivity contribution in [2.24, 2.45) is 0 Å². The van der Waals surface area contributed by atoms with Gasteiger partial charge in [0, 0.05) is 83.0 Å². The minimum absolute atomic E-state index is 0.649. The number of hydrogen-bond donors (Lipinski definition) is 0. The third-order valence-corrected chi connectivity index (χ3v) is 9.19. The number of hydrogen-bond acceptors (Lipinski definition) is 8. The normalized spacial score (nSPS) is 11.0. The summed E-state index contributed by atoms with van der Waals surface area (Å²) in [5.74, 6) is 1.30. The third-order valence-electron chi connectivity index (χ3n) is 9.19. The SMILES string of the molecule is c1cc(-c2cc(-c3ccc(-c4ccc(-c5ccc(-c6cc(-c7ccncc7)nc(-c7ccncc7)n6)cc5)cc4)cc3)nc(-c3ccncc3)n2)ccn1. The monoisotopic (exact) mass is 694 g/mol. The molecule has 0 atom stereocenters. The van der Waals surface area contributed by atoms with E-state index in [1.54, 1.807) is 49.6 Å². The maximum absolute atomic E-state index is 4.94. The predicted octanol–water partition coefficient (Wildman–Crippen LogP) is 10.2. The van der Waals surface area contributed by atoms with Gasteiger partial charge in [0.05, 0.1) is 22.8 Å². The molecule has 6 aromatic heterocycles. The number of rotatable bonds is 8. The van der Waals surface area contributed by atoms with Crippen LogP contribution in [0.15, 0.2) is 183 Å². The van der Waals surface area contributed by atoms with E-state index in [2.05, 4.69) is 92.7 Å². The molecule has 0 bridgehead atoms. The minimum atomic E-state index is 0.649. The van der Waals surface area contributed by atoms with E-state index >= 15 is 0 Å². The zero-order valence-electron chi connectivity index (χ0n) is 28.9. The molecule has 0 fully saturated rings. The van der Waals surface area contributed by atoms with Crippen molar-refractivity contribution in [1.82, 2.24) is 39.9 Å². The van der Waals surface area contributed by atoms with Crippen LogP contribution in [0.4, 0.5) is 0 Å². The molecule has 0 N–H and O–H groups in total. The molecule has 6 heterocycles. The fraction of sp³-hybridized carbons (Fsp3) is 0. The number of nitrogens with zero attached hydrogens (tertiary/aromatic N) is 8. The van der Waals surface area contributed by atoms with Crippen molar-refractivity contribution in [3.8, 4) is 90.1 Å². The molecule has 0 amide bonds. The molecule has 3 aromatic carbocycles. The number of benzene rings is 3. The highest BCUT2D eigenvalue weighted by Gasteiger charge is 2.13. The molecule has 0 radical (unpaired) electrons. The van der Waals surface area contributed by atoms with Gasteiger partial charge in [-0.1, -0.05) is 72.8 Å². The van der Waals surface area contributed by atoms with Crippen LogP contribution >= 0.6 is 0 Å².